The minimum Gasteiger partial charge on any atom is -0.449 e. The molecule has 1 aliphatic heterocycles. The predicted molar refractivity (Wildman–Crippen MR) is 138 cm³/mol. The van der Waals surface area contributed by atoms with Crippen LogP contribution >= 0.6 is 11.3 Å². The molecule has 0 fully saturated rings. The summed E-state index contributed by atoms with van der Waals surface area (Å²) >= 11 is 1.24. The van der Waals surface area contributed by atoms with Gasteiger partial charge in [-0.05, 0) is 48.8 Å². The lowest BCUT2D eigenvalue weighted by molar-refractivity contribution is 0.151. The zero-order valence-corrected chi connectivity index (χ0v) is 22.3. The first-order chi connectivity index (χ1) is 16.7. The summed E-state index contributed by atoms with van der Waals surface area (Å²) < 4.78 is 36.1. The number of rotatable bonds is 9. The molecule has 2 aromatic heterocycles. The van der Waals surface area contributed by atoms with Crippen LogP contribution in [0.5, 0.6) is 0 Å². The number of sulfonamides is 1. The lowest BCUT2D eigenvalue weighted by Gasteiger charge is -2.15. The number of fused-ring (bicyclic) bond motifs is 1. The first-order valence-electron chi connectivity index (χ1n) is 12.1. The Morgan fingerprint density at radius 2 is 2.03 bits per heavy atom. The molecule has 0 radical (unpaired) electrons. The number of imidazole rings is 1. The predicted octanol–water partition coefficient (Wildman–Crippen LogP) is 5.87. The Kier molecular flexibility index (Phi) is 7.66. The van der Waals surface area contributed by atoms with E-state index < -0.39 is 16.1 Å². The van der Waals surface area contributed by atoms with E-state index in [9.17, 15) is 13.2 Å². The molecule has 3 aromatic rings. The first kappa shape index (κ1) is 25.4. The van der Waals surface area contributed by atoms with E-state index in [-0.39, 0.29) is 16.9 Å². The van der Waals surface area contributed by atoms with Crippen LogP contribution in [0, 0.1) is 12.8 Å². The van der Waals surface area contributed by atoms with Gasteiger partial charge >= 0.3 is 6.09 Å². The molecule has 188 valence electrons. The van der Waals surface area contributed by atoms with Crippen molar-refractivity contribution >= 4 is 27.5 Å². The molecule has 9 heteroatoms. The van der Waals surface area contributed by atoms with E-state index in [4.69, 9.17) is 4.74 Å². The zero-order chi connectivity index (χ0) is 25.2. The Labute approximate surface area is 211 Å². The standard InChI is InChI=1S/C26H33N3O4S2/c1-5-6-15-33-26(30)28-35(31,32)25-24(18(4)22(34-25)16-17(2)3)20-9-7-19(8-10-20)21-11-12-23-27-13-14-29(21)23/h7-10,13-14,17,21H,5-6,11-12,15-16H2,1-4H3,(H,28,30)/t21-/m0/s1. The normalized spacial score (nSPS) is 15.4. The van der Waals surface area contributed by atoms with Gasteiger partial charge in [-0.2, -0.15) is 0 Å². The third-order valence-electron chi connectivity index (χ3n) is 6.31. The Hall–Kier alpha value is -2.65. The molecule has 0 spiro atoms. The highest BCUT2D eigenvalue weighted by atomic mass is 32.2. The summed E-state index contributed by atoms with van der Waals surface area (Å²) in [6.07, 6.45) is 7.16. The Morgan fingerprint density at radius 1 is 1.29 bits per heavy atom. The van der Waals surface area contributed by atoms with Gasteiger partial charge in [0.05, 0.1) is 12.6 Å². The van der Waals surface area contributed by atoms with Gasteiger partial charge in [0.2, 0.25) is 0 Å². The van der Waals surface area contributed by atoms with Gasteiger partial charge in [0.1, 0.15) is 10.0 Å². The number of nitrogens with zero attached hydrogens (tertiary/aromatic N) is 2. The van der Waals surface area contributed by atoms with Crippen LogP contribution in [0.3, 0.4) is 0 Å². The van der Waals surface area contributed by atoms with E-state index in [0.29, 0.717) is 17.9 Å². The van der Waals surface area contributed by atoms with Gasteiger partial charge in [-0.1, -0.05) is 51.5 Å². The molecule has 0 bridgehead atoms. The molecule has 1 aromatic carbocycles. The van der Waals surface area contributed by atoms with Gasteiger partial charge in [0, 0.05) is 29.3 Å². The maximum Gasteiger partial charge on any atom is 0.421 e. The summed E-state index contributed by atoms with van der Waals surface area (Å²) in [7, 11) is -4.09. The largest absolute Gasteiger partial charge is 0.449 e. The van der Waals surface area contributed by atoms with Crippen molar-refractivity contribution < 1.29 is 17.9 Å². The van der Waals surface area contributed by atoms with Gasteiger partial charge in [0.25, 0.3) is 10.0 Å². The summed E-state index contributed by atoms with van der Waals surface area (Å²) in [5.74, 6) is 1.47. The van der Waals surface area contributed by atoms with Crippen molar-refractivity contribution in [2.45, 2.75) is 70.1 Å². The van der Waals surface area contributed by atoms with Crippen LogP contribution in [0.1, 0.15) is 67.9 Å². The molecule has 1 atom stereocenters. The van der Waals surface area contributed by atoms with Gasteiger partial charge in [-0.3, -0.25) is 0 Å². The molecule has 0 aliphatic carbocycles. The number of aromatic nitrogens is 2. The number of carbonyl (C=O) groups is 1. The highest BCUT2D eigenvalue weighted by molar-refractivity contribution is 7.92. The maximum atomic E-state index is 13.3. The van der Waals surface area contributed by atoms with Crippen LogP contribution in [0.15, 0.2) is 40.9 Å². The number of unbranched alkanes of at least 4 members (excludes halogenated alkanes) is 1. The molecule has 0 unspecified atom stereocenters. The number of hydrogen-bond acceptors (Lipinski definition) is 6. The van der Waals surface area contributed by atoms with Crippen molar-refractivity contribution in [3.05, 3.63) is 58.5 Å². The molecule has 0 saturated carbocycles. The quantitative estimate of drug-likeness (QED) is 0.360. The number of amides is 1. The zero-order valence-electron chi connectivity index (χ0n) is 20.7. The SMILES string of the molecule is CCCCOC(=O)NS(=O)(=O)c1sc(CC(C)C)c(C)c1-c1ccc([C@@H]2CCc3nccn32)cc1. The van der Waals surface area contributed by atoms with E-state index >= 15 is 0 Å². The summed E-state index contributed by atoms with van der Waals surface area (Å²) in [5.41, 5.74) is 3.58. The average Bonchev–Trinajstić information content (AvgIpc) is 3.49. The second-order valence-corrected chi connectivity index (χ2v) is 12.4. The van der Waals surface area contributed by atoms with Crippen molar-refractivity contribution in [2.75, 3.05) is 6.61 Å². The van der Waals surface area contributed by atoms with Gasteiger partial charge in [-0.15, -0.1) is 11.3 Å². The lowest BCUT2D eigenvalue weighted by Crippen LogP contribution is -2.31. The minimum absolute atomic E-state index is 0.156. The molecule has 0 saturated heterocycles. The fourth-order valence-electron chi connectivity index (χ4n) is 4.54. The molecular weight excluding hydrogens is 482 g/mol. The van der Waals surface area contributed by atoms with Crippen molar-refractivity contribution in [3.8, 4) is 11.1 Å². The number of carbonyl (C=O) groups excluding carboxylic acids is 1. The van der Waals surface area contributed by atoms with Crippen LogP contribution in [0.4, 0.5) is 4.79 Å². The van der Waals surface area contributed by atoms with E-state index in [0.717, 1.165) is 47.5 Å². The third-order valence-corrected chi connectivity index (χ3v) is 9.45. The number of thiophene rings is 1. The lowest BCUT2D eigenvalue weighted by atomic mass is 9.97. The summed E-state index contributed by atoms with van der Waals surface area (Å²) in [5, 5.41) is 0. The Bertz CT molecular complexity index is 1290. The fourth-order valence-corrected chi connectivity index (χ4v) is 7.59. The van der Waals surface area contributed by atoms with Crippen LogP contribution < -0.4 is 4.72 Å². The summed E-state index contributed by atoms with van der Waals surface area (Å²) in [6, 6.07) is 8.34. The molecule has 1 amide bonds. The number of aryl methyl sites for hydroxylation is 1. The van der Waals surface area contributed by atoms with Gasteiger partial charge < -0.3 is 9.30 Å². The topological polar surface area (TPSA) is 90.3 Å². The molecule has 1 aliphatic rings. The van der Waals surface area contributed by atoms with Crippen molar-refractivity contribution in [2.24, 2.45) is 5.92 Å². The number of nitrogens with one attached hydrogen (secondary N) is 1. The van der Waals surface area contributed by atoms with Gasteiger partial charge in [-0.25, -0.2) is 22.9 Å². The van der Waals surface area contributed by atoms with E-state index in [1.54, 1.807) is 0 Å². The van der Waals surface area contributed by atoms with Crippen LogP contribution in [0.2, 0.25) is 0 Å². The number of ether oxygens (including phenoxy) is 1. The fraction of sp³-hybridized carbons (Fsp3) is 0.462. The second-order valence-electron chi connectivity index (χ2n) is 9.43. The smallest absolute Gasteiger partial charge is 0.421 e. The van der Waals surface area contributed by atoms with E-state index in [1.165, 1.54) is 16.9 Å². The van der Waals surface area contributed by atoms with Crippen LogP contribution in [-0.2, 0) is 27.6 Å². The summed E-state index contributed by atoms with van der Waals surface area (Å²) in [6.45, 7) is 8.34. The second kappa shape index (κ2) is 10.5. The van der Waals surface area contributed by atoms with Crippen molar-refractivity contribution in [3.63, 3.8) is 0 Å². The average molecular weight is 516 g/mol. The molecule has 7 nitrogen and oxygen atoms in total. The number of hydrogen-bond donors (Lipinski definition) is 1. The first-order valence-corrected chi connectivity index (χ1v) is 14.4. The molecule has 3 heterocycles. The van der Waals surface area contributed by atoms with Crippen molar-refractivity contribution in [1.82, 2.24) is 14.3 Å². The van der Waals surface area contributed by atoms with Crippen LogP contribution in [-0.4, -0.2) is 30.7 Å². The Balaban J connectivity index is 1.67. The minimum atomic E-state index is -4.09. The van der Waals surface area contributed by atoms with Gasteiger partial charge in [0.15, 0.2) is 0 Å². The molecule has 35 heavy (non-hydrogen) atoms. The van der Waals surface area contributed by atoms with Crippen molar-refractivity contribution in [1.29, 1.82) is 0 Å². The molecule has 4 rings (SSSR count). The van der Waals surface area contributed by atoms with E-state index in [2.05, 4.69) is 40.3 Å². The van der Waals surface area contributed by atoms with Crippen LogP contribution in [0.25, 0.3) is 11.1 Å². The molecule has 1 N–H and O–H groups in total. The molecular formula is C26H33N3O4S2. The Morgan fingerprint density at radius 3 is 2.71 bits per heavy atom. The third kappa shape index (κ3) is 5.46. The monoisotopic (exact) mass is 515 g/mol. The highest BCUT2D eigenvalue weighted by Crippen LogP contribution is 2.41. The van der Waals surface area contributed by atoms with E-state index in [1.807, 2.05) is 38.4 Å². The maximum absolute atomic E-state index is 13.3. The summed E-state index contributed by atoms with van der Waals surface area (Å²) in [4.78, 5) is 17.6. The number of benzene rings is 1. The highest BCUT2D eigenvalue weighted by Gasteiger charge is 2.29.